The zero-order valence-corrected chi connectivity index (χ0v) is 14.2. The maximum Gasteiger partial charge on any atom is 0.282 e. The van der Waals surface area contributed by atoms with Gasteiger partial charge in [-0.25, -0.2) is 13.5 Å². The molecule has 0 aliphatic carbocycles. The number of halogens is 3. The maximum absolute atomic E-state index is 13.5. The van der Waals surface area contributed by atoms with Crippen LogP contribution in [-0.2, 0) is 0 Å². The van der Waals surface area contributed by atoms with Gasteiger partial charge in [-0.2, -0.15) is 10.1 Å². The van der Waals surface area contributed by atoms with Crippen LogP contribution in [0.4, 0.5) is 8.78 Å². The molecule has 0 aliphatic rings. The minimum Gasteiger partial charge on any atom is -0.332 e. The third-order valence-corrected chi connectivity index (χ3v) is 3.92. The molecule has 0 bridgehead atoms. The summed E-state index contributed by atoms with van der Waals surface area (Å²) in [5.41, 5.74) is 0.247. The molecule has 2 aromatic heterocycles. The molecular weight excluding hydrogens is 378 g/mol. The van der Waals surface area contributed by atoms with Gasteiger partial charge in [0, 0.05) is 28.9 Å². The highest BCUT2D eigenvalue weighted by Gasteiger charge is 2.16. The SMILES string of the molecule is O=c1ccn(-c2ccc(F)c(F)c2)nc1-c1nc(-c2cccc(Cl)c2)no1. The van der Waals surface area contributed by atoms with Gasteiger partial charge in [0.2, 0.25) is 11.3 Å². The van der Waals surface area contributed by atoms with Gasteiger partial charge in [-0.3, -0.25) is 4.79 Å². The fraction of sp³-hybridized carbons (Fsp3) is 0. The van der Waals surface area contributed by atoms with Crippen LogP contribution in [0.3, 0.4) is 0 Å². The molecule has 0 aliphatic heterocycles. The molecule has 4 rings (SSSR count). The molecule has 0 fully saturated rings. The normalized spacial score (nSPS) is 10.9. The Hall–Kier alpha value is -3.39. The largest absolute Gasteiger partial charge is 0.332 e. The first-order chi connectivity index (χ1) is 13.0. The first kappa shape index (κ1) is 17.0. The highest BCUT2D eigenvalue weighted by Crippen LogP contribution is 2.22. The van der Waals surface area contributed by atoms with E-state index in [0.717, 1.165) is 12.1 Å². The number of nitrogens with zero attached hydrogens (tertiary/aromatic N) is 4. The smallest absolute Gasteiger partial charge is 0.282 e. The van der Waals surface area contributed by atoms with E-state index in [0.29, 0.717) is 10.6 Å². The van der Waals surface area contributed by atoms with E-state index in [1.165, 1.54) is 23.0 Å². The van der Waals surface area contributed by atoms with Gasteiger partial charge in [-0.05, 0) is 24.3 Å². The number of rotatable bonds is 3. The zero-order valence-electron chi connectivity index (χ0n) is 13.4. The average molecular weight is 387 g/mol. The van der Waals surface area contributed by atoms with Crippen LogP contribution in [0.15, 0.2) is 64.0 Å². The highest BCUT2D eigenvalue weighted by atomic mass is 35.5. The third-order valence-electron chi connectivity index (χ3n) is 3.69. The van der Waals surface area contributed by atoms with Crippen LogP contribution in [0.2, 0.25) is 5.02 Å². The lowest BCUT2D eigenvalue weighted by atomic mass is 10.2. The minimum absolute atomic E-state index is 0.105. The first-order valence-electron chi connectivity index (χ1n) is 7.67. The van der Waals surface area contributed by atoms with Crippen molar-refractivity contribution in [3.63, 3.8) is 0 Å². The lowest BCUT2D eigenvalue weighted by Gasteiger charge is -2.06. The lowest BCUT2D eigenvalue weighted by molar-refractivity contribution is 0.429. The van der Waals surface area contributed by atoms with Crippen LogP contribution in [-0.4, -0.2) is 19.9 Å². The summed E-state index contributed by atoms with van der Waals surface area (Å²) in [5, 5.41) is 8.43. The van der Waals surface area contributed by atoms with Gasteiger partial charge in [-0.15, -0.1) is 0 Å². The summed E-state index contributed by atoms with van der Waals surface area (Å²) in [6.07, 6.45) is 1.33. The average Bonchev–Trinajstić information content (AvgIpc) is 3.14. The molecule has 2 heterocycles. The van der Waals surface area contributed by atoms with Crippen molar-refractivity contribution < 1.29 is 13.3 Å². The molecule has 6 nitrogen and oxygen atoms in total. The maximum atomic E-state index is 13.5. The standard InChI is InChI=1S/C18H9ClF2N4O2/c19-11-3-1-2-10(8-11)17-22-18(27-24-17)16-15(26)6-7-25(23-16)12-4-5-13(20)14(21)9-12/h1-9H. The van der Waals surface area contributed by atoms with Gasteiger partial charge >= 0.3 is 0 Å². The summed E-state index contributed by atoms with van der Waals surface area (Å²) in [6.45, 7) is 0. The van der Waals surface area contributed by atoms with Crippen LogP contribution in [0, 0.1) is 11.6 Å². The molecule has 0 amide bonds. The quantitative estimate of drug-likeness (QED) is 0.534. The molecule has 0 unspecified atom stereocenters. The second-order valence-electron chi connectivity index (χ2n) is 5.51. The van der Waals surface area contributed by atoms with Gasteiger partial charge in [-0.1, -0.05) is 28.9 Å². The Labute approximate surface area is 155 Å². The highest BCUT2D eigenvalue weighted by molar-refractivity contribution is 6.30. The van der Waals surface area contributed by atoms with Gasteiger partial charge in [0.1, 0.15) is 0 Å². The van der Waals surface area contributed by atoms with Crippen molar-refractivity contribution in [3.8, 4) is 28.7 Å². The van der Waals surface area contributed by atoms with Crippen LogP contribution in [0.5, 0.6) is 0 Å². The van der Waals surface area contributed by atoms with Crippen molar-refractivity contribution in [2.45, 2.75) is 0 Å². The Kier molecular flexibility index (Phi) is 4.25. The summed E-state index contributed by atoms with van der Waals surface area (Å²) in [4.78, 5) is 16.3. The van der Waals surface area contributed by atoms with E-state index in [-0.39, 0.29) is 23.1 Å². The van der Waals surface area contributed by atoms with Crippen LogP contribution in [0.25, 0.3) is 28.7 Å². The van der Waals surface area contributed by atoms with Crippen LogP contribution >= 0.6 is 11.6 Å². The zero-order chi connectivity index (χ0) is 19.0. The fourth-order valence-corrected chi connectivity index (χ4v) is 2.58. The van der Waals surface area contributed by atoms with Gasteiger partial charge in [0.25, 0.3) is 5.89 Å². The molecule has 0 N–H and O–H groups in total. The Morgan fingerprint density at radius 1 is 1.04 bits per heavy atom. The van der Waals surface area contributed by atoms with E-state index >= 15 is 0 Å². The van der Waals surface area contributed by atoms with Crippen molar-refractivity contribution in [2.75, 3.05) is 0 Å². The summed E-state index contributed by atoms with van der Waals surface area (Å²) < 4.78 is 32.9. The summed E-state index contributed by atoms with van der Waals surface area (Å²) in [7, 11) is 0. The van der Waals surface area contributed by atoms with Crippen molar-refractivity contribution in [1.82, 2.24) is 19.9 Å². The summed E-state index contributed by atoms with van der Waals surface area (Å²) in [6, 6.07) is 11.3. The van der Waals surface area contributed by atoms with Gasteiger partial charge < -0.3 is 4.52 Å². The van der Waals surface area contributed by atoms with Gasteiger partial charge in [0.15, 0.2) is 17.3 Å². The fourth-order valence-electron chi connectivity index (χ4n) is 2.39. The Balaban J connectivity index is 1.76. The van der Waals surface area contributed by atoms with E-state index in [4.69, 9.17) is 16.1 Å². The second kappa shape index (κ2) is 6.73. The number of aromatic nitrogens is 4. The molecule has 4 aromatic rings. The van der Waals surface area contributed by atoms with Gasteiger partial charge in [0.05, 0.1) is 5.69 Å². The van der Waals surface area contributed by atoms with E-state index < -0.39 is 17.1 Å². The molecule has 134 valence electrons. The molecular formula is C18H9ClF2N4O2. The molecule has 0 spiro atoms. The number of hydrogen-bond acceptors (Lipinski definition) is 5. The Morgan fingerprint density at radius 3 is 2.67 bits per heavy atom. The molecule has 0 saturated heterocycles. The minimum atomic E-state index is -1.03. The summed E-state index contributed by atoms with van der Waals surface area (Å²) >= 11 is 5.95. The lowest BCUT2D eigenvalue weighted by Crippen LogP contribution is -2.13. The molecule has 0 atom stereocenters. The van der Waals surface area contributed by atoms with Crippen LogP contribution < -0.4 is 5.43 Å². The predicted octanol–water partition coefficient (Wildman–Crippen LogP) is 3.88. The van der Waals surface area contributed by atoms with E-state index in [1.54, 1.807) is 24.3 Å². The van der Waals surface area contributed by atoms with Crippen molar-refractivity contribution in [3.05, 3.63) is 81.6 Å². The second-order valence-corrected chi connectivity index (χ2v) is 5.94. The van der Waals surface area contributed by atoms with Crippen molar-refractivity contribution in [2.24, 2.45) is 0 Å². The van der Waals surface area contributed by atoms with Crippen molar-refractivity contribution in [1.29, 1.82) is 0 Å². The van der Waals surface area contributed by atoms with E-state index in [2.05, 4.69) is 15.2 Å². The predicted molar refractivity (Wildman–Crippen MR) is 93.5 cm³/mol. The van der Waals surface area contributed by atoms with E-state index in [1.807, 2.05) is 0 Å². The topological polar surface area (TPSA) is 73.8 Å². The molecule has 0 saturated carbocycles. The Morgan fingerprint density at radius 2 is 1.89 bits per heavy atom. The molecule has 9 heteroatoms. The molecule has 27 heavy (non-hydrogen) atoms. The molecule has 2 aromatic carbocycles. The Bertz CT molecular complexity index is 1210. The third kappa shape index (κ3) is 3.34. The van der Waals surface area contributed by atoms with Crippen LogP contribution in [0.1, 0.15) is 0 Å². The molecule has 0 radical (unpaired) electrons. The number of hydrogen-bond donors (Lipinski definition) is 0. The summed E-state index contributed by atoms with van der Waals surface area (Å²) in [5.74, 6) is -1.89. The monoisotopic (exact) mass is 386 g/mol. The number of benzene rings is 2. The first-order valence-corrected chi connectivity index (χ1v) is 8.04. The van der Waals surface area contributed by atoms with E-state index in [9.17, 15) is 13.6 Å². The van der Waals surface area contributed by atoms with Crippen molar-refractivity contribution >= 4 is 11.6 Å².